The molecule has 8 heteroatoms. The van der Waals surface area contributed by atoms with Crippen LogP contribution in [0.1, 0.15) is 25.7 Å². The van der Waals surface area contributed by atoms with Gasteiger partial charge in [-0.05, 0) is 37.3 Å². The van der Waals surface area contributed by atoms with Gasteiger partial charge in [0.25, 0.3) is 5.69 Å². The molecule has 2 heterocycles. The highest BCUT2D eigenvalue weighted by Gasteiger charge is 2.41. The number of nitrogens with one attached hydrogen (secondary N) is 1. The average molecular weight is 339 g/mol. The van der Waals surface area contributed by atoms with Crippen LogP contribution in [-0.2, 0) is 10.0 Å². The van der Waals surface area contributed by atoms with Crippen molar-refractivity contribution in [2.45, 2.75) is 30.6 Å². The molecular weight excluding hydrogens is 318 g/mol. The van der Waals surface area contributed by atoms with Gasteiger partial charge in [0.05, 0.1) is 4.92 Å². The smallest absolute Gasteiger partial charge is 0.289 e. The van der Waals surface area contributed by atoms with Gasteiger partial charge in [-0.25, -0.2) is 8.42 Å². The fraction of sp³-hybridized carbons (Fsp3) is 0.600. The summed E-state index contributed by atoms with van der Waals surface area (Å²) in [6.07, 6.45) is 3.74. The van der Waals surface area contributed by atoms with Gasteiger partial charge < -0.3 is 5.32 Å². The van der Waals surface area contributed by atoms with Crippen LogP contribution < -0.4 is 5.32 Å². The summed E-state index contributed by atoms with van der Waals surface area (Å²) in [5.74, 6) is 0. The van der Waals surface area contributed by atoms with E-state index in [1.165, 1.54) is 28.6 Å². The number of para-hydroxylation sites is 1. The van der Waals surface area contributed by atoms with E-state index in [0.717, 1.165) is 38.8 Å². The molecule has 2 fully saturated rings. The van der Waals surface area contributed by atoms with Crippen molar-refractivity contribution in [2.24, 2.45) is 5.41 Å². The molecule has 0 amide bonds. The van der Waals surface area contributed by atoms with Crippen LogP contribution in [0, 0.1) is 15.5 Å². The van der Waals surface area contributed by atoms with Crippen LogP contribution in [0.4, 0.5) is 5.69 Å². The highest BCUT2D eigenvalue weighted by Crippen LogP contribution is 2.37. The lowest BCUT2D eigenvalue weighted by atomic mass is 9.83. The zero-order valence-corrected chi connectivity index (χ0v) is 13.7. The Bertz CT molecular complexity index is 698. The van der Waals surface area contributed by atoms with Crippen molar-refractivity contribution < 1.29 is 13.3 Å². The second-order valence-electron chi connectivity index (χ2n) is 6.45. The molecule has 2 saturated heterocycles. The molecule has 0 radical (unpaired) electrons. The zero-order valence-electron chi connectivity index (χ0n) is 12.9. The number of nitrogens with zero attached hydrogens (tertiary/aromatic N) is 2. The highest BCUT2D eigenvalue weighted by molar-refractivity contribution is 7.89. The number of rotatable bonds is 3. The van der Waals surface area contributed by atoms with Crippen LogP contribution in [0.5, 0.6) is 0 Å². The Balaban J connectivity index is 1.97. The monoisotopic (exact) mass is 339 g/mol. The maximum absolute atomic E-state index is 13.0. The Kier molecular flexibility index (Phi) is 4.39. The van der Waals surface area contributed by atoms with Crippen LogP contribution in [0.2, 0.25) is 0 Å². The first-order valence-electron chi connectivity index (χ1n) is 7.89. The quantitative estimate of drug-likeness (QED) is 0.669. The molecule has 1 N–H and O–H groups in total. The fourth-order valence-corrected chi connectivity index (χ4v) is 5.38. The SMILES string of the molecule is O=[N+]([O-])c1ccccc1S(=O)(=O)N1CCCCC2(CCNC2)C1. The molecule has 23 heavy (non-hydrogen) atoms. The van der Waals surface area contributed by atoms with Gasteiger partial charge in [-0.3, -0.25) is 10.1 Å². The number of hydrogen-bond acceptors (Lipinski definition) is 5. The molecule has 7 nitrogen and oxygen atoms in total. The lowest BCUT2D eigenvalue weighted by molar-refractivity contribution is -0.387. The predicted octanol–water partition coefficient (Wildman–Crippen LogP) is 1.75. The van der Waals surface area contributed by atoms with Gasteiger partial charge in [0.2, 0.25) is 10.0 Å². The summed E-state index contributed by atoms with van der Waals surface area (Å²) in [5.41, 5.74) is -0.386. The van der Waals surface area contributed by atoms with Crippen LogP contribution >= 0.6 is 0 Å². The fourth-order valence-electron chi connectivity index (χ4n) is 3.63. The molecule has 1 aromatic carbocycles. The van der Waals surface area contributed by atoms with E-state index in [4.69, 9.17) is 0 Å². The Hall–Kier alpha value is -1.51. The summed E-state index contributed by atoms with van der Waals surface area (Å²) in [6, 6.07) is 5.60. The number of benzene rings is 1. The van der Waals surface area contributed by atoms with E-state index in [9.17, 15) is 18.5 Å². The van der Waals surface area contributed by atoms with Crippen LogP contribution in [0.25, 0.3) is 0 Å². The lowest BCUT2D eigenvalue weighted by Gasteiger charge is -2.31. The van der Waals surface area contributed by atoms with Gasteiger partial charge in [-0.15, -0.1) is 0 Å². The minimum absolute atomic E-state index is 0.0346. The summed E-state index contributed by atoms with van der Waals surface area (Å²) in [7, 11) is -3.86. The third kappa shape index (κ3) is 3.11. The van der Waals surface area contributed by atoms with Gasteiger partial charge in [0.1, 0.15) is 0 Å². The summed E-state index contributed by atoms with van der Waals surface area (Å²) in [4.78, 5) is 10.4. The molecule has 0 saturated carbocycles. The van der Waals surface area contributed by atoms with Gasteiger partial charge in [0.15, 0.2) is 4.90 Å². The topological polar surface area (TPSA) is 92.5 Å². The van der Waals surface area contributed by atoms with E-state index in [-0.39, 0.29) is 16.0 Å². The van der Waals surface area contributed by atoms with E-state index in [1.807, 2.05) is 0 Å². The van der Waals surface area contributed by atoms with Crippen molar-refractivity contribution in [1.29, 1.82) is 0 Å². The van der Waals surface area contributed by atoms with Crippen molar-refractivity contribution in [3.05, 3.63) is 34.4 Å². The second-order valence-corrected chi connectivity index (χ2v) is 8.35. The summed E-state index contributed by atoms with van der Waals surface area (Å²) in [5, 5.41) is 14.5. The number of sulfonamides is 1. The molecule has 2 aliphatic rings. The van der Waals surface area contributed by atoms with Crippen LogP contribution in [0.15, 0.2) is 29.2 Å². The Morgan fingerprint density at radius 3 is 2.70 bits per heavy atom. The van der Waals surface area contributed by atoms with Crippen LogP contribution in [0.3, 0.4) is 0 Å². The third-order valence-electron chi connectivity index (χ3n) is 4.89. The molecular formula is C15H21N3O4S. The van der Waals surface area contributed by atoms with Crippen LogP contribution in [-0.4, -0.2) is 43.8 Å². The third-order valence-corrected chi connectivity index (χ3v) is 6.78. The van der Waals surface area contributed by atoms with Gasteiger partial charge in [-0.2, -0.15) is 4.31 Å². The molecule has 1 aromatic rings. The minimum Gasteiger partial charge on any atom is -0.316 e. The van der Waals surface area contributed by atoms with Crippen molar-refractivity contribution >= 4 is 15.7 Å². The first-order chi connectivity index (χ1) is 10.9. The molecule has 1 unspecified atom stereocenters. The molecule has 3 rings (SSSR count). The van der Waals surface area contributed by atoms with Gasteiger partial charge in [-0.1, -0.05) is 18.6 Å². The largest absolute Gasteiger partial charge is 0.316 e. The minimum atomic E-state index is -3.86. The molecule has 1 atom stereocenters. The highest BCUT2D eigenvalue weighted by atomic mass is 32.2. The predicted molar refractivity (Wildman–Crippen MR) is 85.6 cm³/mol. The first kappa shape index (κ1) is 16.4. The number of nitro benzene ring substituents is 1. The summed E-state index contributed by atoms with van der Waals surface area (Å²) in [6.45, 7) is 2.58. The Morgan fingerprint density at radius 1 is 1.22 bits per heavy atom. The van der Waals surface area contributed by atoms with E-state index in [2.05, 4.69) is 5.32 Å². The maximum Gasteiger partial charge on any atom is 0.289 e. The van der Waals surface area contributed by atoms with Gasteiger partial charge >= 0.3 is 0 Å². The molecule has 126 valence electrons. The molecule has 2 aliphatic heterocycles. The lowest BCUT2D eigenvalue weighted by Crippen LogP contribution is -2.41. The van der Waals surface area contributed by atoms with E-state index >= 15 is 0 Å². The van der Waals surface area contributed by atoms with E-state index < -0.39 is 14.9 Å². The van der Waals surface area contributed by atoms with E-state index in [1.54, 1.807) is 0 Å². The van der Waals surface area contributed by atoms with Crippen molar-refractivity contribution in [1.82, 2.24) is 9.62 Å². The maximum atomic E-state index is 13.0. The standard InChI is InChI=1S/C15H21N3O4S/c19-18(20)13-5-1-2-6-14(13)23(21,22)17-10-4-3-7-15(12-17)8-9-16-11-15/h1-2,5-6,16H,3-4,7-12H2. The average Bonchev–Trinajstić information content (AvgIpc) is 2.87. The normalized spacial score (nSPS) is 26.3. The second kappa shape index (κ2) is 6.18. The van der Waals surface area contributed by atoms with Crippen molar-refractivity contribution in [3.8, 4) is 0 Å². The van der Waals surface area contributed by atoms with Gasteiger partial charge in [0, 0.05) is 25.7 Å². The Morgan fingerprint density at radius 2 is 2.00 bits per heavy atom. The summed E-state index contributed by atoms with van der Waals surface area (Å²) < 4.78 is 27.5. The van der Waals surface area contributed by atoms with E-state index in [0.29, 0.717) is 13.1 Å². The Labute approximate surface area is 135 Å². The molecule has 0 bridgehead atoms. The molecule has 0 aliphatic carbocycles. The first-order valence-corrected chi connectivity index (χ1v) is 9.33. The van der Waals surface area contributed by atoms with Crippen molar-refractivity contribution in [3.63, 3.8) is 0 Å². The van der Waals surface area contributed by atoms with Crippen molar-refractivity contribution in [2.75, 3.05) is 26.2 Å². The molecule has 1 spiro atoms. The zero-order chi connectivity index (χ0) is 16.5. The number of hydrogen-bond donors (Lipinski definition) is 1. The summed E-state index contributed by atoms with van der Waals surface area (Å²) >= 11 is 0. The number of nitro groups is 1. The molecule has 0 aromatic heterocycles.